The Morgan fingerprint density at radius 3 is 2.50 bits per heavy atom. The fourth-order valence-corrected chi connectivity index (χ4v) is 2.21. The van der Waals surface area contributed by atoms with Crippen molar-refractivity contribution in [2.75, 3.05) is 6.61 Å². The summed E-state index contributed by atoms with van der Waals surface area (Å²) in [5.74, 6) is -0.141. The Morgan fingerprint density at radius 1 is 1.12 bits per heavy atom. The second-order valence-corrected chi connectivity index (χ2v) is 5.67. The molecular formula is C17H22N4O3. The minimum Gasteiger partial charge on any atom is -0.483 e. The topological polar surface area (TPSA) is 85.2 Å². The van der Waals surface area contributed by atoms with Gasteiger partial charge in [0.25, 0.3) is 11.8 Å². The number of benzene rings is 1. The second-order valence-electron chi connectivity index (χ2n) is 5.67. The summed E-state index contributed by atoms with van der Waals surface area (Å²) < 4.78 is 7.04. The lowest BCUT2D eigenvalue weighted by Crippen LogP contribution is -2.45. The zero-order valence-corrected chi connectivity index (χ0v) is 14.3. The standard InChI is InChI=1S/C17H22N4O3/c1-11-6-5-7-15(14(11)4)24-10-17(23)19-18-16(22)9-21-13(3)8-12(2)20-21/h5-8H,9-10H2,1-4H3,(H,18,22)(H,19,23). The molecule has 1 aromatic carbocycles. The SMILES string of the molecule is Cc1cc(C)n(CC(=O)NNC(=O)COc2cccc(C)c2C)n1. The van der Waals surface area contributed by atoms with Crippen molar-refractivity contribution in [1.29, 1.82) is 0 Å². The maximum absolute atomic E-state index is 11.8. The maximum Gasteiger partial charge on any atom is 0.276 e. The largest absolute Gasteiger partial charge is 0.483 e. The zero-order valence-electron chi connectivity index (χ0n) is 14.3. The van der Waals surface area contributed by atoms with Crippen LogP contribution in [0.2, 0.25) is 0 Å². The summed E-state index contributed by atoms with van der Waals surface area (Å²) in [5.41, 5.74) is 8.47. The first-order chi connectivity index (χ1) is 11.4. The van der Waals surface area contributed by atoms with Crippen molar-refractivity contribution in [1.82, 2.24) is 20.6 Å². The lowest BCUT2D eigenvalue weighted by molar-refractivity contribution is -0.130. The first kappa shape index (κ1) is 17.5. The molecule has 0 aliphatic carbocycles. The van der Waals surface area contributed by atoms with Gasteiger partial charge in [0.2, 0.25) is 0 Å². The van der Waals surface area contributed by atoms with Gasteiger partial charge in [-0.05, 0) is 51.0 Å². The highest BCUT2D eigenvalue weighted by atomic mass is 16.5. The third-order valence-electron chi connectivity index (χ3n) is 3.65. The third-order valence-corrected chi connectivity index (χ3v) is 3.65. The van der Waals surface area contributed by atoms with Crippen molar-refractivity contribution in [2.24, 2.45) is 0 Å². The molecule has 128 valence electrons. The highest BCUT2D eigenvalue weighted by molar-refractivity contribution is 5.82. The lowest BCUT2D eigenvalue weighted by Gasteiger charge is -2.11. The summed E-state index contributed by atoms with van der Waals surface area (Å²) in [6, 6.07) is 7.52. The highest BCUT2D eigenvalue weighted by Crippen LogP contribution is 2.20. The van der Waals surface area contributed by atoms with E-state index in [9.17, 15) is 9.59 Å². The first-order valence-corrected chi connectivity index (χ1v) is 7.64. The van der Waals surface area contributed by atoms with Gasteiger partial charge in [-0.3, -0.25) is 25.1 Å². The van der Waals surface area contributed by atoms with Gasteiger partial charge < -0.3 is 4.74 Å². The van der Waals surface area contributed by atoms with E-state index in [1.54, 1.807) is 10.7 Å². The number of aromatic nitrogens is 2. The van der Waals surface area contributed by atoms with Crippen LogP contribution in [-0.4, -0.2) is 28.2 Å². The summed E-state index contributed by atoms with van der Waals surface area (Å²) >= 11 is 0. The molecule has 24 heavy (non-hydrogen) atoms. The van der Waals surface area contributed by atoms with Gasteiger partial charge >= 0.3 is 0 Å². The van der Waals surface area contributed by atoms with Crippen LogP contribution in [0.1, 0.15) is 22.5 Å². The quantitative estimate of drug-likeness (QED) is 0.810. The van der Waals surface area contributed by atoms with Crippen LogP contribution >= 0.6 is 0 Å². The number of amides is 2. The first-order valence-electron chi connectivity index (χ1n) is 7.64. The lowest BCUT2D eigenvalue weighted by atomic mass is 10.1. The van der Waals surface area contributed by atoms with Crippen LogP contribution in [0.5, 0.6) is 5.75 Å². The number of carbonyl (C=O) groups is 2. The number of nitrogens with one attached hydrogen (secondary N) is 2. The Labute approximate surface area is 141 Å². The Kier molecular flexibility index (Phi) is 5.57. The fourth-order valence-electron chi connectivity index (χ4n) is 2.21. The molecule has 0 aliphatic heterocycles. The van der Waals surface area contributed by atoms with Gasteiger partial charge in [0, 0.05) is 5.69 Å². The minimum atomic E-state index is -0.433. The molecule has 2 rings (SSSR count). The summed E-state index contributed by atoms with van der Waals surface area (Å²) in [6.45, 7) is 7.49. The molecule has 2 N–H and O–H groups in total. The van der Waals surface area contributed by atoms with Crippen molar-refractivity contribution in [2.45, 2.75) is 34.2 Å². The summed E-state index contributed by atoms with van der Waals surface area (Å²) in [6.07, 6.45) is 0. The van der Waals surface area contributed by atoms with Gasteiger partial charge in [-0.1, -0.05) is 12.1 Å². The monoisotopic (exact) mass is 330 g/mol. The van der Waals surface area contributed by atoms with Crippen LogP contribution in [0.15, 0.2) is 24.3 Å². The number of rotatable bonds is 5. The summed E-state index contributed by atoms with van der Waals surface area (Å²) in [7, 11) is 0. The Balaban J connectivity index is 1.77. The number of hydrogen-bond acceptors (Lipinski definition) is 4. The number of nitrogens with zero attached hydrogens (tertiary/aromatic N) is 2. The van der Waals surface area contributed by atoms with E-state index in [1.807, 2.05) is 45.9 Å². The van der Waals surface area contributed by atoms with Crippen LogP contribution in [0.3, 0.4) is 0 Å². The average Bonchev–Trinajstić information content (AvgIpc) is 2.84. The van der Waals surface area contributed by atoms with Gasteiger partial charge in [-0.15, -0.1) is 0 Å². The number of hydrazine groups is 1. The molecule has 1 heterocycles. The fraction of sp³-hybridized carbons (Fsp3) is 0.353. The van der Waals surface area contributed by atoms with E-state index in [2.05, 4.69) is 16.0 Å². The summed E-state index contributed by atoms with van der Waals surface area (Å²) in [5, 5.41) is 4.19. The molecule has 0 fully saturated rings. The number of aryl methyl sites for hydroxylation is 3. The van der Waals surface area contributed by atoms with Crippen molar-refractivity contribution in [3.05, 3.63) is 46.8 Å². The van der Waals surface area contributed by atoms with E-state index in [1.165, 1.54) is 0 Å². The second kappa shape index (κ2) is 7.63. The van der Waals surface area contributed by atoms with Crippen molar-refractivity contribution in [3.63, 3.8) is 0 Å². The molecule has 0 spiro atoms. The normalized spacial score (nSPS) is 10.3. The van der Waals surface area contributed by atoms with Gasteiger partial charge in [0.1, 0.15) is 12.3 Å². The van der Waals surface area contributed by atoms with Crippen molar-refractivity contribution >= 4 is 11.8 Å². The van der Waals surface area contributed by atoms with Crippen LogP contribution in [0.25, 0.3) is 0 Å². The van der Waals surface area contributed by atoms with Gasteiger partial charge in [0.05, 0.1) is 5.69 Å². The molecule has 0 radical (unpaired) electrons. The van der Waals surface area contributed by atoms with Crippen LogP contribution in [0.4, 0.5) is 0 Å². The predicted molar refractivity (Wildman–Crippen MR) is 89.4 cm³/mol. The van der Waals surface area contributed by atoms with E-state index in [-0.39, 0.29) is 19.1 Å². The minimum absolute atomic E-state index is 0.0395. The molecule has 0 saturated carbocycles. The van der Waals surface area contributed by atoms with Gasteiger partial charge in [-0.25, -0.2) is 0 Å². The zero-order chi connectivity index (χ0) is 17.7. The molecule has 2 aromatic rings. The Bertz CT molecular complexity index is 752. The molecule has 2 amide bonds. The third kappa shape index (κ3) is 4.58. The van der Waals surface area contributed by atoms with Crippen LogP contribution < -0.4 is 15.6 Å². The van der Waals surface area contributed by atoms with E-state index < -0.39 is 5.91 Å². The van der Waals surface area contributed by atoms with Crippen molar-refractivity contribution < 1.29 is 14.3 Å². The molecule has 0 atom stereocenters. The molecule has 0 saturated heterocycles. The molecule has 0 unspecified atom stereocenters. The van der Waals surface area contributed by atoms with Crippen LogP contribution in [0, 0.1) is 27.7 Å². The average molecular weight is 330 g/mol. The number of ether oxygens (including phenoxy) is 1. The summed E-state index contributed by atoms with van der Waals surface area (Å²) in [4.78, 5) is 23.6. The van der Waals surface area contributed by atoms with E-state index in [0.29, 0.717) is 5.75 Å². The molecule has 7 heteroatoms. The van der Waals surface area contributed by atoms with E-state index in [4.69, 9.17) is 4.74 Å². The Morgan fingerprint density at radius 2 is 1.83 bits per heavy atom. The van der Waals surface area contributed by atoms with E-state index in [0.717, 1.165) is 22.5 Å². The van der Waals surface area contributed by atoms with Gasteiger partial charge in [0.15, 0.2) is 6.61 Å². The predicted octanol–water partition coefficient (Wildman–Crippen LogP) is 1.34. The smallest absolute Gasteiger partial charge is 0.276 e. The number of carbonyl (C=O) groups excluding carboxylic acids is 2. The Hall–Kier alpha value is -2.83. The van der Waals surface area contributed by atoms with E-state index >= 15 is 0 Å². The molecule has 0 aliphatic rings. The van der Waals surface area contributed by atoms with Gasteiger partial charge in [-0.2, -0.15) is 5.10 Å². The molecular weight excluding hydrogens is 308 g/mol. The molecule has 1 aromatic heterocycles. The molecule has 7 nitrogen and oxygen atoms in total. The number of hydrogen-bond donors (Lipinski definition) is 2. The van der Waals surface area contributed by atoms with Crippen molar-refractivity contribution in [3.8, 4) is 5.75 Å². The maximum atomic E-state index is 11.8. The molecule has 0 bridgehead atoms. The van der Waals surface area contributed by atoms with Crippen LogP contribution in [-0.2, 0) is 16.1 Å². The highest BCUT2D eigenvalue weighted by Gasteiger charge is 2.09.